The van der Waals surface area contributed by atoms with E-state index < -0.39 is 11.3 Å². The number of benzene rings is 2. The minimum absolute atomic E-state index is 0.295. The van der Waals surface area contributed by atoms with Gasteiger partial charge in [0.15, 0.2) is 0 Å². The van der Waals surface area contributed by atoms with Gasteiger partial charge < -0.3 is 15.6 Å². The highest BCUT2D eigenvalue weighted by Crippen LogP contribution is 2.45. The normalized spacial score (nSPS) is 14.5. The van der Waals surface area contributed by atoms with Gasteiger partial charge >= 0.3 is 0 Å². The van der Waals surface area contributed by atoms with Crippen LogP contribution in [-0.2, 0) is 23.2 Å². The molecule has 1 aliphatic rings. The molecule has 0 unspecified atom stereocenters. The number of nitrogens with zero attached hydrogens (tertiary/aromatic N) is 5. The fourth-order valence-electron chi connectivity index (χ4n) is 3.81. The lowest BCUT2D eigenvalue weighted by molar-refractivity contribution is -0.135. The van der Waals surface area contributed by atoms with E-state index >= 15 is 0 Å². The SMILES string of the molecule is Cn1nnc(-c2cc3ccccc3n2-c2ccc(CNC(=O)C3(C(N)=O)CC3)cc2)n1. The minimum Gasteiger partial charge on any atom is -0.369 e. The summed E-state index contributed by atoms with van der Waals surface area (Å²) in [4.78, 5) is 25.3. The van der Waals surface area contributed by atoms with Gasteiger partial charge in [0, 0.05) is 17.6 Å². The number of hydrogen-bond donors (Lipinski definition) is 2. The smallest absolute Gasteiger partial charge is 0.235 e. The molecule has 2 heterocycles. The number of amides is 2. The molecule has 1 aliphatic carbocycles. The van der Waals surface area contributed by atoms with Gasteiger partial charge in [-0.2, -0.15) is 4.80 Å². The van der Waals surface area contributed by atoms with Crippen molar-refractivity contribution in [2.45, 2.75) is 19.4 Å². The van der Waals surface area contributed by atoms with Gasteiger partial charge in [0.25, 0.3) is 0 Å². The van der Waals surface area contributed by atoms with Gasteiger partial charge in [-0.05, 0) is 47.9 Å². The topological polar surface area (TPSA) is 121 Å². The fourth-order valence-corrected chi connectivity index (χ4v) is 3.81. The molecule has 0 bridgehead atoms. The van der Waals surface area contributed by atoms with Gasteiger partial charge in [0.1, 0.15) is 5.41 Å². The lowest BCUT2D eigenvalue weighted by Gasteiger charge is -2.13. The Balaban J connectivity index is 1.43. The van der Waals surface area contributed by atoms with Crippen molar-refractivity contribution in [2.75, 3.05) is 0 Å². The first kappa shape index (κ1) is 19.0. The number of nitrogens with one attached hydrogen (secondary N) is 1. The van der Waals surface area contributed by atoms with Gasteiger partial charge in [0.2, 0.25) is 17.6 Å². The maximum absolute atomic E-state index is 12.3. The van der Waals surface area contributed by atoms with Crippen molar-refractivity contribution in [3.8, 4) is 17.2 Å². The van der Waals surface area contributed by atoms with Crippen molar-refractivity contribution < 1.29 is 9.59 Å². The number of rotatable bonds is 6. The Labute approximate surface area is 177 Å². The summed E-state index contributed by atoms with van der Waals surface area (Å²) in [6.45, 7) is 0.332. The molecular weight excluding hydrogens is 394 g/mol. The van der Waals surface area contributed by atoms with E-state index in [9.17, 15) is 9.59 Å². The third-order valence-corrected chi connectivity index (χ3v) is 5.75. The van der Waals surface area contributed by atoms with E-state index in [-0.39, 0.29) is 5.91 Å². The fraction of sp³-hybridized carbons (Fsp3) is 0.227. The average molecular weight is 415 g/mol. The third-order valence-electron chi connectivity index (χ3n) is 5.75. The van der Waals surface area contributed by atoms with Gasteiger partial charge in [-0.15, -0.1) is 10.2 Å². The highest BCUT2D eigenvalue weighted by molar-refractivity contribution is 6.07. The molecule has 1 fully saturated rings. The number of fused-ring (bicyclic) bond motifs is 1. The average Bonchev–Trinajstić information content (AvgIpc) is 3.35. The second-order valence-electron chi connectivity index (χ2n) is 7.82. The predicted octanol–water partition coefficient (Wildman–Crippen LogP) is 1.70. The van der Waals surface area contributed by atoms with Gasteiger partial charge in [-0.1, -0.05) is 30.3 Å². The molecule has 9 nitrogen and oxygen atoms in total. The number of aromatic nitrogens is 5. The third kappa shape index (κ3) is 3.24. The summed E-state index contributed by atoms with van der Waals surface area (Å²) >= 11 is 0. The molecule has 0 saturated heterocycles. The summed E-state index contributed by atoms with van der Waals surface area (Å²) in [5, 5.41) is 16.4. The van der Waals surface area contributed by atoms with E-state index in [0.717, 1.165) is 27.8 Å². The molecule has 3 N–H and O–H groups in total. The second kappa shape index (κ2) is 7.05. The number of para-hydroxylation sites is 1. The number of primary amides is 1. The number of nitrogens with two attached hydrogens (primary N) is 1. The van der Waals surface area contributed by atoms with Crippen molar-refractivity contribution in [2.24, 2.45) is 18.2 Å². The Morgan fingerprint density at radius 1 is 1.13 bits per heavy atom. The number of carbonyl (C=O) groups is 2. The summed E-state index contributed by atoms with van der Waals surface area (Å²) in [6.07, 6.45) is 1.04. The Bertz CT molecular complexity index is 1300. The number of tetrazole rings is 1. The molecule has 1 saturated carbocycles. The Kier molecular flexibility index (Phi) is 4.32. The second-order valence-corrected chi connectivity index (χ2v) is 7.82. The monoisotopic (exact) mass is 415 g/mol. The van der Waals surface area contributed by atoms with Crippen molar-refractivity contribution in [1.82, 2.24) is 30.1 Å². The maximum Gasteiger partial charge on any atom is 0.235 e. The van der Waals surface area contributed by atoms with Crippen molar-refractivity contribution >= 4 is 22.7 Å². The Hall–Kier alpha value is -4.01. The first-order valence-corrected chi connectivity index (χ1v) is 10.0. The van der Waals surface area contributed by atoms with Crippen LogP contribution in [0.15, 0.2) is 54.6 Å². The van der Waals surface area contributed by atoms with Gasteiger partial charge in [-0.25, -0.2) is 0 Å². The van der Waals surface area contributed by atoms with Crippen LogP contribution >= 0.6 is 0 Å². The van der Waals surface area contributed by atoms with Crippen LogP contribution in [0.1, 0.15) is 18.4 Å². The zero-order valence-electron chi connectivity index (χ0n) is 16.9. The maximum atomic E-state index is 12.3. The van der Waals surface area contributed by atoms with Crippen LogP contribution in [-0.4, -0.2) is 36.6 Å². The largest absolute Gasteiger partial charge is 0.369 e. The highest BCUT2D eigenvalue weighted by atomic mass is 16.2. The van der Waals surface area contributed by atoms with E-state index in [1.165, 1.54) is 4.80 Å². The van der Waals surface area contributed by atoms with E-state index in [1.807, 2.05) is 54.6 Å². The lowest BCUT2D eigenvalue weighted by atomic mass is 10.1. The van der Waals surface area contributed by atoms with Crippen LogP contribution in [0, 0.1) is 5.41 Å². The van der Waals surface area contributed by atoms with E-state index in [1.54, 1.807) is 7.05 Å². The molecule has 2 aromatic heterocycles. The van der Waals surface area contributed by atoms with Crippen LogP contribution in [0.2, 0.25) is 0 Å². The summed E-state index contributed by atoms with van der Waals surface area (Å²) in [5.41, 5.74) is 8.09. The van der Waals surface area contributed by atoms with Crippen molar-refractivity contribution in [1.29, 1.82) is 0 Å². The minimum atomic E-state index is -1.01. The molecule has 31 heavy (non-hydrogen) atoms. The summed E-state index contributed by atoms with van der Waals surface area (Å²) in [5.74, 6) is -0.308. The Morgan fingerprint density at radius 3 is 2.52 bits per heavy atom. The molecule has 2 amide bonds. The van der Waals surface area contributed by atoms with Crippen LogP contribution in [0.5, 0.6) is 0 Å². The highest BCUT2D eigenvalue weighted by Gasteiger charge is 2.55. The number of carbonyl (C=O) groups excluding carboxylic acids is 2. The zero-order valence-corrected chi connectivity index (χ0v) is 16.9. The van der Waals surface area contributed by atoms with E-state index in [2.05, 4.69) is 25.3 Å². The molecular formula is C22H21N7O2. The number of hydrogen-bond acceptors (Lipinski definition) is 5. The van der Waals surface area contributed by atoms with E-state index in [0.29, 0.717) is 25.2 Å². The van der Waals surface area contributed by atoms with Crippen LogP contribution in [0.25, 0.3) is 28.1 Å². The van der Waals surface area contributed by atoms with Crippen LogP contribution < -0.4 is 11.1 Å². The quantitative estimate of drug-likeness (QED) is 0.464. The molecule has 9 heteroatoms. The predicted molar refractivity (Wildman–Crippen MR) is 114 cm³/mol. The molecule has 2 aromatic carbocycles. The first-order chi connectivity index (χ1) is 15.0. The molecule has 156 valence electrons. The molecule has 0 aliphatic heterocycles. The standard InChI is InChI=1S/C22H21N7O2/c1-28-26-19(25-27-28)18-12-15-4-2-3-5-17(15)29(18)16-8-6-14(7-9-16)13-24-21(31)22(10-11-22)20(23)30/h2-9,12H,10-11,13H2,1H3,(H2,23,30)(H,24,31). The van der Waals surface area contributed by atoms with Crippen LogP contribution in [0.4, 0.5) is 0 Å². The zero-order chi connectivity index (χ0) is 21.6. The van der Waals surface area contributed by atoms with Crippen molar-refractivity contribution in [3.05, 3.63) is 60.2 Å². The Morgan fingerprint density at radius 2 is 1.87 bits per heavy atom. The first-order valence-electron chi connectivity index (χ1n) is 10.0. The molecule has 0 spiro atoms. The van der Waals surface area contributed by atoms with Crippen LogP contribution in [0.3, 0.4) is 0 Å². The van der Waals surface area contributed by atoms with Gasteiger partial charge in [-0.3, -0.25) is 9.59 Å². The van der Waals surface area contributed by atoms with Crippen molar-refractivity contribution in [3.63, 3.8) is 0 Å². The molecule has 4 aromatic rings. The summed E-state index contributed by atoms with van der Waals surface area (Å²) in [7, 11) is 1.73. The summed E-state index contributed by atoms with van der Waals surface area (Å²) in [6, 6.07) is 18.0. The van der Waals surface area contributed by atoms with E-state index in [4.69, 9.17) is 5.73 Å². The molecule has 0 atom stereocenters. The molecule has 5 rings (SSSR count). The number of aryl methyl sites for hydroxylation is 1. The van der Waals surface area contributed by atoms with Gasteiger partial charge in [0.05, 0.1) is 18.3 Å². The molecule has 0 radical (unpaired) electrons. The summed E-state index contributed by atoms with van der Waals surface area (Å²) < 4.78 is 2.08. The lowest BCUT2D eigenvalue weighted by Crippen LogP contribution is -2.40.